The number of ether oxygens (including phenoxy) is 2. The Morgan fingerprint density at radius 2 is 1.50 bits per heavy atom. The van der Waals surface area contributed by atoms with Gasteiger partial charge in [-0.25, -0.2) is 4.79 Å². The molecule has 0 N–H and O–H groups in total. The molecule has 20 heavy (non-hydrogen) atoms. The fourth-order valence-corrected chi connectivity index (χ4v) is 1.11. The average molecular weight is 284 g/mol. The van der Waals surface area contributed by atoms with E-state index >= 15 is 0 Å². The SMILES string of the molecule is C=CCOC(=O)CN(C)C(=O)CN(C)C(=O)OCC=C. The number of carbonyl (C=O) groups is 3. The quantitative estimate of drug-likeness (QED) is 0.477. The van der Waals surface area contributed by atoms with Crippen LogP contribution in [0.5, 0.6) is 0 Å². The summed E-state index contributed by atoms with van der Waals surface area (Å²) in [7, 11) is 2.87. The van der Waals surface area contributed by atoms with Gasteiger partial charge >= 0.3 is 12.1 Å². The highest BCUT2D eigenvalue weighted by Crippen LogP contribution is 1.95. The van der Waals surface area contributed by atoms with Gasteiger partial charge in [-0.05, 0) is 0 Å². The Morgan fingerprint density at radius 1 is 0.950 bits per heavy atom. The number of carbonyl (C=O) groups excluding carboxylic acids is 3. The van der Waals surface area contributed by atoms with Crippen LogP contribution in [0.4, 0.5) is 4.79 Å². The highest BCUT2D eigenvalue weighted by Gasteiger charge is 2.18. The number of amides is 2. The first-order chi connectivity index (χ1) is 9.42. The second-order valence-corrected chi connectivity index (χ2v) is 3.94. The average Bonchev–Trinajstić information content (AvgIpc) is 2.41. The van der Waals surface area contributed by atoms with E-state index in [1.165, 1.54) is 31.1 Å². The van der Waals surface area contributed by atoms with Crippen molar-refractivity contribution >= 4 is 18.0 Å². The van der Waals surface area contributed by atoms with E-state index in [9.17, 15) is 14.4 Å². The van der Waals surface area contributed by atoms with E-state index in [2.05, 4.69) is 13.2 Å². The highest BCUT2D eigenvalue weighted by atomic mass is 16.6. The van der Waals surface area contributed by atoms with E-state index in [4.69, 9.17) is 9.47 Å². The molecule has 0 saturated heterocycles. The molecule has 112 valence electrons. The molecule has 0 aromatic heterocycles. The third-order valence-electron chi connectivity index (χ3n) is 2.16. The molecule has 0 heterocycles. The van der Waals surface area contributed by atoms with Gasteiger partial charge in [0.25, 0.3) is 0 Å². The van der Waals surface area contributed by atoms with Crippen LogP contribution in [0.25, 0.3) is 0 Å². The van der Waals surface area contributed by atoms with Crippen molar-refractivity contribution in [3.05, 3.63) is 25.3 Å². The second-order valence-electron chi connectivity index (χ2n) is 3.94. The molecule has 0 atom stereocenters. The second kappa shape index (κ2) is 9.60. The Bertz CT molecular complexity index is 381. The lowest BCUT2D eigenvalue weighted by atomic mass is 10.4. The summed E-state index contributed by atoms with van der Waals surface area (Å²) in [6.07, 6.45) is 2.22. The van der Waals surface area contributed by atoms with Crippen LogP contribution in [0.2, 0.25) is 0 Å². The molecule has 0 saturated carbocycles. The third-order valence-corrected chi connectivity index (χ3v) is 2.16. The first-order valence-corrected chi connectivity index (χ1v) is 5.91. The summed E-state index contributed by atoms with van der Waals surface area (Å²) >= 11 is 0. The molecular formula is C13H20N2O5. The summed E-state index contributed by atoms with van der Waals surface area (Å²) in [5.41, 5.74) is 0. The van der Waals surface area contributed by atoms with Crippen molar-refractivity contribution in [1.82, 2.24) is 9.80 Å². The molecule has 2 amide bonds. The molecule has 7 heteroatoms. The van der Waals surface area contributed by atoms with Gasteiger partial charge in [0.1, 0.15) is 26.3 Å². The smallest absolute Gasteiger partial charge is 0.410 e. The Balaban J connectivity index is 4.17. The van der Waals surface area contributed by atoms with Crippen molar-refractivity contribution in [2.24, 2.45) is 0 Å². The van der Waals surface area contributed by atoms with Gasteiger partial charge in [0.15, 0.2) is 0 Å². The standard InChI is InChI=1S/C13H20N2O5/c1-5-7-19-12(17)10-14(3)11(16)9-15(4)13(18)20-8-6-2/h5-6H,1-2,7-10H2,3-4H3. The van der Waals surface area contributed by atoms with E-state index in [0.717, 1.165) is 4.90 Å². The zero-order chi connectivity index (χ0) is 15.5. The summed E-state index contributed by atoms with van der Waals surface area (Å²) in [4.78, 5) is 36.8. The zero-order valence-corrected chi connectivity index (χ0v) is 11.8. The molecular weight excluding hydrogens is 264 g/mol. The van der Waals surface area contributed by atoms with Crippen LogP contribution in [0, 0.1) is 0 Å². The van der Waals surface area contributed by atoms with Gasteiger partial charge in [-0.3, -0.25) is 9.59 Å². The molecule has 0 rings (SSSR count). The largest absolute Gasteiger partial charge is 0.460 e. The molecule has 0 spiro atoms. The summed E-state index contributed by atoms with van der Waals surface area (Å²) in [6, 6.07) is 0. The van der Waals surface area contributed by atoms with Gasteiger partial charge < -0.3 is 19.3 Å². The van der Waals surface area contributed by atoms with Crippen molar-refractivity contribution in [2.75, 3.05) is 40.4 Å². The maximum absolute atomic E-state index is 11.8. The fourth-order valence-electron chi connectivity index (χ4n) is 1.11. The van der Waals surface area contributed by atoms with E-state index in [1.54, 1.807) is 0 Å². The van der Waals surface area contributed by atoms with Gasteiger partial charge in [-0.2, -0.15) is 0 Å². The van der Waals surface area contributed by atoms with Gasteiger partial charge in [0.2, 0.25) is 5.91 Å². The number of hydrogen-bond acceptors (Lipinski definition) is 5. The van der Waals surface area contributed by atoms with E-state index in [-0.39, 0.29) is 26.3 Å². The summed E-state index contributed by atoms with van der Waals surface area (Å²) in [6.45, 7) is 6.59. The normalized spacial score (nSPS) is 9.30. The number of rotatable bonds is 8. The highest BCUT2D eigenvalue weighted by molar-refractivity contribution is 5.85. The van der Waals surface area contributed by atoms with Gasteiger partial charge in [-0.15, -0.1) is 0 Å². The Kier molecular flexibility index (Phi) is 8.49. The number of hydrogen-bond donors (Lipinski definition) is 0. The van der Waals surface area contributed by atoms with Crippen LogP contribution in [-0.2, 0) is 19.1 Å². The topological polar surface area (TPSA) is 76.2 Å². The number of likely N-dealkylation sites (N-methyl/N-ethyl adjacent to an activating group) is 2. The van der Waals surface area contributed by atoms with Crippen molar-refractivity contribution in [3.8, 4) is 0 Å². The van der Waals surface area contributed by atoms with Crippen molar-refractivity contribution < 1.29 is 23.9 Å². The third kappa shape index (κ3) is 7.20. The molecule has 0 radical (unpaired) electrons. The molecule has 0 aromatic rings. The molecule has 0 aromatic carbocycles. The van der Waals surface area contributed by atoms with Crippen LogP contribution in [-0.4, -0.2) is 68.2 Å². The lowest BCUT2D eigenvalue weighted by Crippen LogP contribution is -2.41. The minimum atomic E-state index is -0.638. The van der Waals surface area contributed by atoms with Crippen LogP contribution in [0.3, 0.4) is 0 Å². The summed E-state index contributed by atoms with van der Waals surface area (Å²) in [5.74, 6) is -0.948. The maximum Gasteiger partial charge on any atom is 0.410 e. The summed E-state index contributed by atoms with van der Waals surface area (Å²) in [5, 5.41) is 0. The lowest BCUT2D eigenvalue weighted by molar-refractivity contribution is -0.147. The van der Waals surface area contributed by atoms with Crippen LogP contribution in [0.15, 0.2) is 25.3 Å². The molecule has 0 bridgehead atoms. The molecule has 7 nitrogen and oxygen atoms in total. The summed E-state index contributed by atoms with van der Waals surface area (Å²) < 4.78 is 9.51. The Morgan fingerprint density at radius 3 is 2.05 bits per heavy atom. The molecule has 0 unspecified atom stereocenters. The van der Waals surface area contributed by atoms with Crippen LogP contribution in [0.1, 0.15) is 0 Å². The first-order valence-electron chi connectivity index (χ1n) is 5.91. The minimum absolute atomic E-state index is 0.0705. The van der Waals surface area contributed by atoms with Crippen LogP contribution >= 0.6 is 0 Å². The van der Waals surface area contributed by atoms with Crippen molar-refractivity contribution in [3.63, 3.8) is 0 Å². The predicted octanol–water partition coefficient (Wildman–Crippen LogP) is 0.428. The maximum atomic E-state index is 11.8. The zero-order valence-electron chi connectivity index (χ0n) is 11.8. The lowest BCUT2D eigenvalue weighted by Gasteiger charge is -2.20. The predicted molar refractivity (Wildman–Crippen MR) is 73.0 cm³/mol. The minimum Gasteiger partial charge on any atom is -0.460 e. The van der Waals surface area contributed by atoms with Gasteiger partial charge in [0, 0.05) is 14.1 Å². The Labute approximate surface area is 118 Å². The van der Waals surface area contributed by atoms with E-state index in [0.29, 0.717) is 0 Å². The first kappa shape index (κ1) is 17.7. The van der Waals surface area contributed by atoms with Crippen LogP contribution < -0.4 is 0 Å². The monoisotopic (exact) mass is 284 g/mol. The molecule has 0 aliphatic carbocycles. The number of nitrogens with zero attached hydrogens (tertiary/aromatic N) is 2. The molecule has 0 aliphatic rings. The number of esters is 1. The van der Waals surface area contributed by atoms with Crippen molar-refractivity contribution in [2.45, 2.75) is 0 Å². The van der Waals surface area contributed by atoms with E-state index in [1.807, 2.05) is 0 Å². The molecule has 0 aliphatic heterocycles. The van der Waals surface area contributed by atoms with Gasteiger partial charge in [0.05, 0.1) is 0 Å². The molecule has 0 fully saturated rings. The Hall–Kier alpha value is -2.31. The van der Waals surface area contributed by atoms with Crippen molar-refractivity contribution in [1.29, 1.82) is 0 Å². The van der Waals surface area contributed by atoms with Gasteiger partial charge in [-0.1, -0.05) is 25.3 Å². The van der Waals surface area contributed by atoms with E-state index < -0.39 is 18.0 Å². The fraction of sp³-hybridized carbons (Fsp3) is 0.462.